The van der Waals surface area contributed by atoms with E-state index in [1.807, 2.05) is 0 Å². The third kappa shape index (κ3) is 5.16. The van der Waals surface area contributed by atoms with E-state index in [0.29, 0.717) is 31.0 Å². The van der Waals surface area contributed by atoms with Crippen LogP contribution in [0.3, 0.4) is 0 Å². The highest BCUT2D eigenvalue weighted by molar-refractivity contribution is 7.90. The van der Waals surface area contributed by atoms with Gasteiger partial charge in [0, 0.05) is 20.2 Å². The van der Waals surface area contributed by atoms with Gasteiger partial charge in [0.1, 0.15) is 5.75 Å². The predicted octanol–water partition coefficient (Wildman–Crippen LogP) is 0.331. The number of anilines is 1. The number of ether oxygens (including phenoxy) is 2. The molecular formula is C13H23N3O4S. The minimum Gasteiger partial charge on any atom is -0.495 e. The standard InChI is InChI=1S/C13H23N3O4S/c1-19-11-9-15-21(17,18)16(10-5-8-14)12-6-3-4-7-13(12)20-2/h3-4,6-7,15H,5,8-11,14H2,1-2H3. The van der Waals surface area contributed by atoms with Crippen molar-refractivity contribution in [3.63, 3.8) is 0 Å². The molecule has 8 heteroatoms. The molecule has 120 valence electrons. The van der Waals surface area contributed by atoms with E-state index in [-0.39, 0.29) is 13.1 Å². The maximum atomic E-state index is 12.4. The summed E-state index contributed by atoms with van der Waals surface area (Å²) in [6, 6.07) is 6.97. The summed E-state index contributed by atoms with van der Waals surface area (Å²) in [5, 5.41) is 0. The molecule has 0 spiro atoms. The Labute approximate surface area is 126 Å². The third-order valence-corrected chi connectivity index (χ3v) is 4.33. The molecule has 0 aromatic heterocycles. The molecule has 7 nitrogen and oxygen atoms in total. The van der Waals surface area contributed by atoms with Gasteiger partial charge in [-0.2, -0.15) is 13.1 Å². The monoisotopic (exact) mass is 317 g/mol. The summed E-state index contributed by atoms with van der Waals surface area (Å²) in [6.45, 7) is 1.18. The van der Waals surface area contributed by atoms with Crippen LogP contribution in [0.5, 0.6) is 5.75 Å². The minimum absolute atomic E-state index is 0.201. The Morgan fingerprint density at radius 2 is 2.00 bits per heavy atom. The van der Waals surface area contributed by atoms with Crippen molar-refractivity contribution in [1.82, 2.24) is 4.72 Å². The number of nitrogens with one attached hydrogen (secondary N) is 1. The molecule has 0 bridgehead atoms. The number of benzene rings is 1. The van der Waals surface area contributed by atoms with Crippen LogP contribution in [0, 0.1) is 0 Å². The summed E-state index contributed by atoms with van der Waals surface area (Å²) in [7, 11) is -0.665. The molecule has 0 heterocycles. The number of rotatable bonds is 10. The molecule has 0 radical (unpaired) electrons. The zero-order chi connectivity index (χ0) is 15.7. The number of nitrogens with zero attached hydrogens (tertiary/aromatic N) is 1. The van der Waals surface area contributed by atoms with Gasteiger partial charge in [-0.05, 0) is 25.1 Å². The fraction of sp³-hybridized carbons (Fsp3) is 0.538. The Morgan fingerprint density at radius 3 is 2.62 bits per heavy atom. The van der Waals surface area contributed by atoms with E-state index in [1.165, 1.54) is 18.5 Å². The number of methoxy groups -OCH3 is 2. The summed E-state index contributed by atoms with van der Waals surface area (Å²) in [5.74, 6) is 0.492. The van der Waals surface area contributed by atoms with Crippen molar-refractivity contribution in [3.8, 4) is 5.75 Å². The largest absolute Gasteiger partial charge is 0.495 e. The number of hydrogen-bond donors (Lipinski definition) is 2. The zero-order valence-corrected chi connectivity index (χ0v) is 13.2. The van der Waals surface area contributed by atoms with Crippen molar-refractivity contribution in [2.24, 2.45) is 5.73 Å². The highest BCUT2D eigenvalue weighted by atomic mass is 32.2. The number of nitrogens with two attached hydrogens (primary N) is 1. The normalized spacial score (nSPS) is 11.4. The molecule has 0 aliphatic heterocycles. The highest BCUT2D eigenvalue weighted by Gasteiger charge is 2.24. The Kier molecular flexibility index (Phi) is 7.44. The SMILES string of the molecule is COCCNS(=O)(=O)N(CCCN)c1ccccc1OC. The van der Waals surface area contributed by atoms with Gasteiger partial charge in [0.2, 0.25) is 0 Å². The lowest BCUT2D eigenvalue weighted by Gasteiger charge is -2.26. The van der Waals surface area contributed by atoms with E-state index in [9.17, 15) is 8.42 Å². The maximum absolute atomic E-state index is 12.4. The van der Waals surface area contributed by atoms with Crippen LogP contribution in [0.2, 0.25) is 0 Å². The van der Waals surface area contributed by atoms with E-state index < -0.39 is 10.2 Å². The van der Waals surface area contributed by atoms with Crippen LogP contribution in [0.4, 0.5) is 5.69 Å². The van der Waals surface area contributed by atoms with Crippen molar-refractivity contribution in [3.05, 3.63) is 24.3 Å². The number of para-hydroxylation sites is 2. The molecule has 1 aromatic carbocycles. The van der Waals surface area contributed by atoms with E-state index in [4.69, 9.17) is 15.2 Å². The van der Waals surface area contributed by atoms with Gasteiger partial charge in [-0.25, -0.2) is 0 Å². The van der Waals surface area contributed by atoms with Crippen molar-refractivity contribution in [2.75, 3.05) is 44.8 Å². The Hall–Kier alpha value is -1.35. The first-order chi connectivity index (χ1) is 10.1. The van der Waals surface area contributed by atoms with Crippen LogP contribution in [0.15, 0.2) is 24.3 Å². The minimum atomic E-state index is -3.68. The Morgan fingerprint density at radius 1 is 1.29 bits per heavy atom. The fourth-order valence-electron chi connectivity index (χ4n) is 1.79. The van der Waals surface area contributed by atoms with Gasteiger partial charge < -0.3 is 15.2 Å². The van der Waals surface area contributed by atoms with Crippen LogP contribution in [-0.4, -0.2) is 48.9 Å². The van der Waals surface area contributed by atoms with Gasteiger partial charge >= 0.3 is 10.2 Å². The molecule has 1 rings (SSSR count). The summed E-state index contributed by atoms with van der Waals surface area (Å²) >= 11 is 0. The molecule has 1 aromatic rings. The van der Waals surface area contributed by atoms with E-state index in [1.54, 1.807) is 24.3 Å². The molecular weight excluding hydrogens is 294 g/mol. The van der Waals surface area contributed by atoms with Crippen LogP contribution < -0.4 is 19.5 Å². The highest BCUT2D eigenvalue weighted by Crippen LogP contribution is 2.29. The van der Waals surface area contributed by atoms with E-state index >= 15 is 0 Å². The van der Waals surface area contributed by atoms with Crippen molar-refractivity contribution >= 4 is 15.9 Å². The summed E-state index contributed by atoms with van der Waals surface area (Å²) in [4.78, 5) is 0. The van der Waals surface area contributed by atoms with Gasteiger partial charge in [-0.1, -0.05) is 12.1 Å². The summed E-state index contributed by atoms with van der Waals surface area (Å²) in [5.41, 5.74) is 5.98. The zero-order valence-electron chi connectivity index (χ0n) is 12.4. The molecule has 0 aliphatic carbocycles. The van der Waals surface area contributed by atoms with Gasteiger partial charge in [0.25, 0.3) is 0 Å². The first-order valence-electron chi connectivity index (χ1n) is 6.66. The quantitative estimate of drug-likeness (QED) is 0.607. The van der Waals surface area contributed by atoms with Crippen molar-refractivity contribution < 1.29 is 17.9 Å². The van der Waals surface area contributed by atoms with Crippen LogP contribution >= 0.6 is 0 Å². The lowest BCUT2D eigenvalue weighted by Crippen LogP contribution is -2.43. The Bertz CT molecular complexity index is 522. The van der Waals surface area contributed by atoms with Crippen LogP contribution in [0.1, 0.15) is 6.42 Å². The molecule has 0 saturated heterocycles. The molecule has 0 saturated carbocycles. The molecule has 0 fully saturated rings. The Balaban J connectivity index is 3.04. The predicted molar refractivity (Wildman–Crippen MR) is 82.8 cm³/mol. The molecule has 0 aliphatic rings. The van der Waals surface area contributed by atoms with Crippen molar-refractivity contribution in [1.29, 1.82) is 0 Å². The topological polar surface area (TPSA) is 93.9 Å². The second kappa shape index (κ2) is 8.83. The average molecular weight is 317 g/mol. The summed E-state index contributed by atoms with van der Waals surface area (Å²) < 4.78 is 38.7. The molecule has 21 heavy (non-hydrogen) atoms. The van der Waals surface area contributed by atoms with E-state index in [0.717, 1.165) is 0 Å². The third-order valence-electron chi connectivity index (χ3n) is 2.80. The molecule has 3 N–H and O–H groups in total. The smallest absolute Gasteiger partial charge is 0.301 e. The van der Waals surface area contributed by atoms with E-state index in [2.05, 4.69) is 4.72 Å². The molecule has 0 atom stereocenters. The average Bonchev–Trinajstić information content (AvgIpc) is 2.48. The fourth-order valence-corrected chi connectivity index (χ4v) is 3.07. The molecule has 0 unspecified atom stereocenters. The van der Waals surface area contributed by atoms with Crippen molar-refractivity contribution in [2.45, 2.75) is 6.42 Å². The second-order valence-corrected chi connectivity index (χ2v) is 5.96. The van der Waals surface area contributed by atoms with Crippen LogP contribution in [0.25, 0.3) is 0 Å². The van der Waals surface area contributed by atoms with Gasteiger partial charge in [-0.15, -0.1) is 0 Å². The van der Waals surface area contributed by atoms with Gasteiger partial charge in [0.05, 0.1) is 19.4 Å². The number of hydrogen-bond acceptors (Lipinski definition) is 5. The first kappa shape index (κ1) is 17.7. The molecule has 0 amide bonds. The maximum Gasteiger partial charge on any atom is 0.301 e. The van der Waals surface area contributed by atoms with Gasteiger partial charge in [0.15, 0.2) is 0 Å². The van der Waals surface area contributed by atoms with Gasteiger partial charge in [-0.3, -0.25) is 4.31 Å². The summed E-state index contributed by atoms with van der Waals surface area (Å²) in [6.07, 6.45) is 0.545. The lowest BCUT2D eigenvalue weighted by molar-refractivity contribution is 0.204. The lowest BCUT2D eigenvalue weighted by atomic mass is 10.3. The van der Waals surface area contributed by atoms with Crippen LogP contribution in [-0.2, 0) is 14.9 Å². The second-order valence-electron chi connectivity index (χ2n) is 4.28. The first-order valence-corrected chi connectivity index (χ1v) is 8.10.